The molecule has 1 fully saturated rings. The zero-order valence-electron chi connectivity index (χ0n) is 14.6. The van der Waals surface area contributed by atoms with Crippen molar-refractivity contribution in [1.29, 1.82) is 0 Å². The summed E-state index contributed by atoms with van der Waals surface area (Å²) in [4.78, 5) is 4.45. The molecule has 2 rings (SSSR count). The van der Waals surface area contributed by atoms with E-state index in [2.05, 4.69) is 38.8 Å². The molecule has 0 aliphatic carbocycles. The van der Waals surface area contributed by atoms with Crippen molar-refractivity contribution >= 4 is 15.7 Å². The molecule has 1 saturated heterocycles. The lowest BCUT2D eigenvalue weighted by atomic mass is 10.1. The van der Waals surface area contributed by atoms with Crippen molar-refractivity contribution in [2.24, 2.45) is 0 Å². The summed E-state index contributed by atoms with van der Waals surface area (Å²) in [6.45, 7) is 5.91. The molecule has 1 unspecified atom stereocenters. The van der Waals surface area contributed by atoms with Gasteiger partial charge in [0.25, 0.3) is 0 Å². The maximum Gasteiger partial charge on any atom is 0.213 e. The van der Waals surface area contributed by atoms with Crippen LogP contribution >= 0.6 is 0 Å². The minimum Gasteiger partial charge on any atom is -0.378 e. The predicted molar refractivity (Wildman–Crippen MR) is 96.4 cm³/mol. The summed E-state index contributed by atoms with van der Waals surface area (Å²) >= 11 is 0. The van der Waals surface area contributed by atoms with Gasteiger partial charge in [-0.25, -0.2) is 13.1 Å². The highest BCUT2D eigenvalue weighted by Crippen LogP contribution is 2.26. The Morgan fingerprint density at radius 3 is 2.17 bits per heavy atom. The van der Waals surface area contributed by atoms with Crippen LogP contribution in [0.1, 0.15) is 38.3 Å². The van der Waals surface area contributed by atoms with Gasteiger partial charge in [0, 0.05) is 32.4 Å². The summed E-state index contributed by atoms with van der Waals surface area (Å²) in [5, 5.41) is -0.405. The second kappa shape index (κ2) is 7.64. The first kappa shape index (κ1) is 18.2. The van der Waals surface area contributed by atoms with Gasteiger partial charge in [-0.1, -0.05) is 12.1 Å². The number of nitrogens with one attached hydrogen (secondary N) is 1. The van der Waals surface area contributed by atoms with Crippen LogP contribution in [-0.2, 0) is 10.0 Å². The third-order valence-electron chi connectivity index (χ3n) is 4.47. The van der Waals surface area contributed by atoms with Crippen LogP contribution in [0.4, 0.5) is 5.69 Å². The number of rotatable bonds is 7. The van der Waals surface area contributed by atoms with Crippen LogP contribution < -0.4 is 9.62 Å². The number of nitrogens with zero attached hydrogens (tertiary/aromatic N) is 2. The predicted octanol–water partition coefficient (Wildman–Crippen LogP) is 2.22. The van der Waals surface area contributed by atoms with Gasteiger partial charge in [0.05, 0.1) is 5.25 Å². The number of benzene rings is 1. The van der Waals surface area contributed by atoms with Gasteiger partial charge in [-0.3, -0.25) is 4.90 Å². The van der Waals surface area contributed by atoms with Gasteiger partial charge in [-0.2, -0.15) is 0 Å². The lowest BCUT2D eigenvalue weighted by Crippen LogP contribution is -2.39. The summed E-state index contributed by atoms with van der Waals surface area (Å²) in [6.07, 6.45) is 2.37. The molecule has 0 radical (unpaired) electrons. The highest BCUT2D eigenvalue weighted by molar-refractivity contribution is 7.90. The first-order valence-corrected chi connectivity index (χ1v) is 9.85. The summed E-state index contributed by atoms with van der Waals surface area (Å²) in [5.41, 5.74) is 2.32. The van der Waals surface area contributed by atoms with E-state index in [1.165, 1.54) is 18.4 Å². The van der Waals surface area contributed by atoms with Gasteiger partial charge in [-0.15, -0.1) is 0 Å². The SMILES string of the molecule is CC(C)S(=O)(=O)NCC(c1ccc(N(C)C)cc1)N1CCCC1. The highest BCUT2D eigenvalue weighted by atomic mass is 32.2. The zero-order chi connectivity index (χ0) is 17.0. The molecule has 130 valence electrons. The molecule has 1 aliphatic heterocycles. The molecule has 6 heteroatoms. The molecule has 1 heterocycles. The fourth-order valence-corrected chi connectivity index (χ4v) is 3.59. The summed E-state index contributed by atoms with van der Waals surface area (Å²) in [5.74, 6) is 0. The Morgan fingerprint density at radius 1 is 1.13 bits per heavy atom. The van der Waals surface area contributed by atoms with E-state index in [4.69, 9.17) is 0 Å². The lowest BCUT2D eigenvalue weighted by molar-refractivity contribution is 0.246. The van der Waals surface area contributed by atoms with Crippen LogP contribution in [0, 0.1) is 0 Å². The molecular weight excluding hydrogens is 310 g/mol. The number of anilines is 1. The average Bonchev–Trinajstić information content (AvgIpc) is 3.02. The fourth-order valence-electron chi connectivity index (χ4n) is 2.87. The van der Waals surface area contributed by atoms with E-state index < -0.39 is 15.3 Å². The fraction of sp³-hybridized carbons (Fsp3) is 0.647. The van der Waals surface area contributed by atoms with Crippen LogP contribution in [0.5, 0.6) is 0 Å². The van der Waals surface area contributed by atoms with E-state index in [-0.39, 0.29) is 6.04 Å². The number of hydrogen-bond donors (Lipinski definition) is 1. The molecule has 0 aromatic heterocycles. The second-order valence-electron chi connectivity index (χ2n) is 6.69. The first-order valence-electron chi connectivity index (χ1n) is 8.31. The highest BCUT2D eigenvalue weighted by Gasteiger charge is 2.26. The Labute approximate surface area is 140 Å². The van der Waals surface area contributed by atoms with E-state index in [1.54, 1.807) is 13.8 Å². The molecule has 1 aromatic carbocycles. The zero-order valence-corrected chi connectivity index (χ0v) is 15.4. The van der Waals surface area contributed by atoms with Crippen molar-refractivity contribution in [3.05, 3.63) is 29.8 Å². The molecule has 5 nitrogen and oxygen atoms in total. The molecule has 0 amide bonds. The van der Waals surface area contributed by atoms with E-state index in [0.717, 1.165) is 18.8 Å². The molecule has 0 saturated carbocycles. The molecule has 0 bridgehead atoms. The van der Waals surface area contributed by atoms with Gasteiger partial charge in [0.15, 0.2) is 0 Å². The van der Waals surface area contributed by atoms with Gasteiger partial charge >= 0.3 is 0 Å². The minimum atomic E-state index is -3.24. The van der Waals surface area contributed by atoms with E-state index >= 15 is 0 Å². The van der Waals surface area contributed by atoms with Gasteiger partial charge in [0.1, 0.15) is 0 Å². The van der Waals surface area contributed by atoms with Crippen LogP contribution in [0.2, 0.25) is 0 Å². The summed E-state index contributed by atoms with van der Waals surface area (Å²) in [6, 6.07) is 8.51. The Kier molecular flexibility index (Phi) is 6.06. The molecule has 1 atom stereocenters. The second-order valence-corrected chi connectivity index (χ2v) is 9.01. The van der Waals surface area contributed by atoms with Crippen molar-refractivity contribution in [2.45, 2.75) is 38.0 Å². The number of likely N-dealkylation sites (tertiary alicyclic amines) is 1. The Hall–Kier alpha value is -1.11. The Morgan fingerprint density at radius 2 is 1.70 bits per heavy atom. The van der Waals surface area contributed by atoms with Crippen LogP contribution in [0.25, 0.3) is 0 Å². The quantitative estimate of drug-likeness (QED) is 0.828. The summed E-state index contributed by atoms with van der Waals surface area (Å²) in [7, 11) is 0.798. The van der Waals surface area contributed by atoms with Crippen LogP contribution in [0.15, 0.2) is 24.3 Å². The maximum atomic E-state index is 12.1. The van der Waals surface area contributed by atoms with Crippen molar-refractivity contribution in [3.63, 3.8) is 0 Å². The molecule has 0 spiro atoms. The van der Waals surface area contributed by atoms with Crippen LogP contribution in [-0.4, -0.2) is 52.3 Å². The van der Waals surface area contributed by atoms with E-state index in [0.29, 0.717) is 6.54 Å². The Bertz CT molecular complexity index is 591. The lowest BCUT2D eigenvalue weighted by Gasteiger charge is -2.29. The molecule has 1 N–H and O–H groups in total. The molecule has 23 heavy (non-hydrogen) atoms. The van der Waals surface area contributed by atoms with Crippen molar-refractivity contribution in [1.82, 2.24) is 9.62 Å². The van der Waals surface area contributed by atoms with Gasteiger partial charge < -0.3 is 4.90 Å². The normalized spacial score (nSPS) is 17.6. The third-order valence-corrected chi connectivity index (χ3v) is 6.28. The van der Waals surface area contributed by atoms with E-state index in [9.17, 15) is 8.42 Å². The first-order chi connectivity index (χ1) is 10.8. The summed E-state index contributed by atoms with van der Waals surface area (Å²) < 4.78 is 27.0. The molecule has 1 aliphatic rings. The number of sulfonamides is 1. The van der Waals surface area contributed by atoms with E-state index in [1.807, 2.05) is 14.1 Å². The van der Waals surface area contributed by atoms with Crippen LogP contribution in [0.3, 0.4) is 0 Å². The van der Waals surface area contributed by atoms with Gasteiger partial charge in [-0.05, 0) is 57.5 Å². The molecular formula is C17H29N3O2S. The van der Waals surface area contributed by atoms with Gasteiger partial charge in [0.2, 0.25) is 10.0 Å². The van der Waals surface area contributed by atoms with Crippen molar-refractivity contribution in [3.8, 4) is 0 Å². The maximum absolute atomic E-state index is 12.1. The third kappa shape index (κ3) is 4.68. The average molecular weight is 340 g/mol. The molecule has 1 aromatic rings. The standard InChI is InChI=1S/C17H29N3O2S/c1-14(2)23(21,22)18-13-17(20-11-5-6-12-20)15-7-9-16(10-8-15)19(3)4/h7-10,14,17-18H,5-6,11-13H2,1-4H3. The monoisotopic (exact) mass is 339 g/mol. The van der Waals surface area contributed by atoms with Crippen molar-refractivity contribution in [2.75, 3.05) is 38.6 Å². The topological polar surface area (TPSA) is 52.7 Å². The van der Waals surface area contributed by atoms with Crippen molar-refractivity contribution < 1.29 is 8.42 Å². The largest absolute Gasteiger partial charge is 0.378 e. The Balaban J connectivity index is 2.17. The smallest absolute Gasteiger partial charge is 0.213 e. The minimum absolute atomic E-state index is 0.0993. The number of hydrogen-bond acceptors (Lipinski definition) is 4.